The van der Waals surface area contributed by atoms with E-state index in [2.05, 4.69) is 4.74 Å². The lowest BCUT2D eigenvalue weighted by atomic mass is 10.1. The average molecular weight is 232 g/mol. The molecular weight excluding hydrogens is 216 g/mol. The van der Waals surface area contributed by atoms with Gasteiger partial charge in [-0.15, -0.1) is 0 Å². The van der Waals surface area contributed by atoms with Gasteiger partial charge in [0.05, 0.1) is 7.11 Å². The van der Waals surface area contributed by atoms with Gasteiger partial charge in [0.25, 0.3) is 0 Å². The standard InChI is InChI=1S/C10H16O6/c1-10(2)15-5-6(8(11)12-3)14-9(13-4)7(5)16-10/h5-7,9H,1-4H3/t5-,6-,7-,9-/m0/s1. The molecule has 0 amide bonds. The lowest BCUT2D eigenvalue weighted by Gasteiger charge is -2.22. The van der Waals surface area contributed by atoms with Gasteiger partial charge < -0.3 is 23.7 Å². The zero-order valence-electron chi connectivity index (χ0n) is 9.76. The molecule has 2 heterocycles. The van der Waals surface area contributed by atoms with Crippen LogP contribution in [-0.2, 0) is 28.5 Å². The first kappa shape index (κ1) is 11.8. The highest BCUT2D eigenvalue weighted by molar-refractivity contribution is 5.76. The Labute approximate surface area is 93.7 Å². The average Bonchev–Trinajstić information content (AvgIpc) is 2.69. The third-order valence-electron chi connectivity index (χ3n) is 2.68. The Morgan fingerprint density at radius 1 is 1.19 bits per heavy atom. The van der Waals surface area contributed by atoms with Gasteiger partial charge in [-0.3, -0.25) is 0 Å². The second-order valence-electron chi connectivity index (χ2n) is 4.25. The lowest BCUT2D eigenvalue weighted by Crippen LogP contribution is -2.36. The molecule has 0 aromatic heterocycles. The van der Waals surface area contributed by atoms with Gasteiger partial charge in [-0.1, -0.05) is 0 Å². The Morgan fingerprint density at radius 3 is 2.38 bits per heavy atom. The van der Waals surface area contributed by atoms with Crippen molar-refractivity contribution in [1.29, 1.82) is 0 Å². The summed E-state index contributed by atoms with van der Waals surface area (Å²) in [5.74, 6) is -1.21. The highest BCUT2D eigenvalue weighted by atomic mass is 16.8. The summed E-state index contributed by atoms with van der Waals surface area (Å²) in [6, 6.07) is 0. The Kier molecular flexibility index (Phi) is 2.91. The first-order valence-electron chi connectivity index (χ1n) is 5.10. The third kappa shape index (κ3) is 1.82. The van der Waals surface area contributed by atoms with Crippen molar-refractivity contribution in [1.82, 2.24) is 0 Å². The predicted octanol–water partition coefficient (Wildman–Crippen LogP) is 0.0508. The van der Waals surface area contributed by atoms with E-state index in [4.69, 9.17) is 18.9 Å². The first-order chi connectivity index (χ1) is 7.48. The fourth-order valence-electron chi connectivity index (χ4n) is 2.06. The molecule has 0 bridgehead atoms. The summed E-state index contributed by atoms with van der Waals surface area (Å²) in [4.78, 5) is 11.5. The van der Waals surface area contributed by atoms with Crippen molar-refractivity contribution in [3.05, 3.63) is 0 Å². The van der Waals surface area contributed by atoms with Gasteiger partial charge >= 0.3 is 5.97 Å². The van der Waals surface area contributed by atoms with Gasteiger partial charge in [0.15, 0.2) is 18.2 Å². The van der Waals surface area contributed by atoms with Crippen LogP contribution in [0, 0.1) is 0 Å². The number of hydrogen-bond acceptors (Lipinski definition) is 6. The summed E-state index contributed by atoms with van der Waals surface area (Å²) in [7, 11) is 2.80. The fourth-order valence-corrected chi connectivity index (χ4v) is 2.06. The van der Waals surface area contributed by atoms with Crippen LogP contribution in [0.5, 0.6) is 0 Å². The molecule has 4 atom stereocenters. The van der Waals surface area contributed by atoms with E-state index in [1.807, 2.05) is 0 Å². The fraction of sp³-hybridized carbons (Fsp3) is 0.900. The molecule has 0 spiro atoms. The highest BCUT2D eigenvalue weighted by Crippen LogP contribution is 2.39. The minimum atomic E-state index is -0.790. The third-order valence-corrected chi connectivity index (χ3v) is 2.68. The molecule has 0 aromatic rings. The van der Waals surface area contributed by atoms with Crippen LogP contribution in [0.1, 0.15) is 13.8 Å². The molecule has 6 heteroatoms. The quantitative estimate of drug-likeness (QED) is 0.627. The molecule has 0 aliphatic carbocycles. The van der Waals surface area contributed by atoms with Crippen LogP contribution in [0.2, 0.25) is 0 Å². The van der Waals surface area contributed by atoms with E-state index in [0.29, 0.717) is 0 Å². The zero-order valence-corrected chi connectivity index (χ0v) is 9.76. The van der Waals surface area contributed by atoms with E-state index in [9.17, 15) is 4.79 Å². The van der Waals surface area contributed by atoms with Crippen molar-refractivity contribution in [2.45, 2.75) is 44.2 Å². The minimum absolute atomic E-state index is 0.399. The summed E-state index contributed by atoms with van der Waals surface area (Å²) >= 11 is 0. The van der Waals surface area contributed by atoms with Gasteiger partial charge in [0.1, 0.15) is 12.2 Å². The number of ether oxygens (including phenoxy) is 5. The maximum Gasteiger partial charge on any atom is 0.337 e. The van der Waals surface area contributed by atoms with Gasteiger partial charge in [-0.25, -0.2) is 4.79 Å². The summed E-state index contributed by atoms with van der Waals surface area (Å²) in [6.07, 6.45) is -2.27. The molecule has 2 rings (SSSR count). The largest absolute Gasteiger partial charge is 0.467 e. The van der Waals surface area contributed by atoms with Gasteiger partial charge in [0, 0.05) is 7.11 Å². The van der Waals surface area contributed by atoms with Crippen molar-refractivity contribution >= 4 is 5.97 Å². The van der Waals surface area contributed by atoms with E-state index in [-0.39, 0.29) is 0 Å². The molecule has 0 saturated carbocycles. The van der Waals surface area contributed by atoms with Crippen molar-refractivity contribution in [3.63, 3.8) is 0 Å². The van der Waals surface area contributed by atoms with E-state index < -0.39 is 36.4 Å². The Morgan fingerprint density at radius 2 is 1.81 bits per heavy atom. The Hall–Kier alpha value is -0.690. The molecule has 0 N–H and O–H groups in total. The molecule has 2 fully saturated rings. The number of carbonyl (C=O) groups excluding carboxylic acids is 1. The van der Waals surface area contributed by atoms with Crippen LogP contribution >= 0.6 is 0 Å². The smallest absolute Gasteiger partial charge is 0.337 e. The van der Waals surface area contributed by atoms with Crippen molar-refractivity contribution in [2.24, 2.45) is 0 Å². The second kappa shape index (κ2) is 3.96. The molecule has 0 radical (unpaired) electrons. The number of esters is 1. The molecule has 2 aliphatic rings. The first-order valence-corrected chi connectivity index (χ1v) is 5.10. The van der Waals surface area contributed by atoms with Crippen LogP contribution in [0.4, 0.5) is 0 Å². The molecule has 92 valence electrons. The molecule has 0 unspecified atom stereocenters. The topological polar surface area (TPSA) is 63.2 Å². The van der Waals surface area contributed by atoms with Crippen LogP contribution in [0.15, 0.2) is 0 Å². The Balaban J connectivity index is 2.17. The van der Waals surface area contributed by atoms with E-state index in [1.165, 1.54) is 14.2 Å². The lowest BCUT2D eigenvalue weighted by molar-refractivity contribution is -0.229. The maximum atomic E-state index is 11.5. The zero-order chi connectivity index (χ0) is 11.9. The van der Waals surface area contributed by atoms with Gasteiger partial charge in [-0.2, -0.15) is 0 Å². The number of methoxy groups -OCH3 is 2. The van der Waals surface area contributed by atoms with E-state index in [1.54, 1.807) is 13.8 Å². The summed E-state index contributed by atoms with van der Waals surface area (Å²) in [5.41, 5.74) is 0. The number of carbonyl (C=O) groups is 1. The maximum absolute atomic E-state index is 11.5. The van der Waals surface area contributed by atoms with Crippen LogP contribution in [0.25, 0.3) is 0 Å². The van der Waals surface area contributed by atoms with Crippen LogP contribution in [0.3, 0.4) is 0 Å². The number of hydrogen-bond donors (Lipinski definition) is 0. The normalized spacial score (nSPS) is 40.8. The summed E-state index contributed by atoms with van der Waals surface area (Å²) < 4.78 is 26.4. The number of fused-ring (bicyclic) bond motifs is 1. The molecule has 16 heavy (non-hydrogen) atoms. The number of rotatable bonds is 2. The molecule has 0 aromatic carbocycles. The molecule has 2 aliphatic heterocycles. The minimum Gasteiger partial charge on any atom is -0.467 e. The van der Waals surface area contributed by atoms with E-state index in [0.717, 1.165) is 0 Å². The summed E-state index contributed by atoms with van der Waals surface area (Å²) in [5, 5.41) is 0. The second-order valence-corrected chi connectivity index (χ2v) is 4.25. The monoisotopic (exact) mass is 232 g/mol. The van der Waals surface area contributed by atoms with Crippen LogP contribution in [-0.4, -0.2) is 50.6 Å². The van der Waals surface area contributed by atoms with Crippen molar-refractivity contribution < 1.29 is 28.5 Å². The molecule has 6 nitrogen and oxygen atoms in total. The summed E-state index contributed by atoms with van der Waals surface area (Å²) in [6.45, 7) is 3.57. The van der Waals surface area contributed by atoms with E-state index >= 15 is 0 Å². The SMILES string of the molecule is COC(=O)[C@H]1O[C@H](OC)[C@H]2OC(C)(C)O[C@H]21. The van der Waals surface area contributed by atoms with Crippen molar-refractivity contribution in [3.8, 4) is 0 Å². The predicted molar refractivity (Wildman–Crippen MR) is 51.5 cm³/mol. The molecular formula is C10H16O6. The molecule has 2 saturated heterocycles. The van der Waals surface area contributed by atoms with Crippen molar-refractivity contribution in [2.75, 3.05) is 14.2 Å². The van der Waals surface area contributed by atoms with Gasteiger partial charge in [0.2, 0.25) is 0 Å². The van der Waals surface area contributed by atoms with Crippen LogP contribution < -0.4 is 0 Å². The van der Waals surface area contributed by atoms with Gasteiger partial charge in [-0.05, 0) is 13.8 Å². The highest BCUT2D eigenvalue weighted by Gasteiger charge is 2.58. The Bertz CT molecular complexity index is 289.